The average molecular weight is 420 g/mol. The molecule has 2 aliphatic rings. The summed E-state index contributed by atoms with van der Waals surface area (Å²) in [5.41, 5.74) is 8.99. The average Bonchev–Trinajstić information content (AvgIpc) is 2.76. The summed E-state index contributed by atoms with van der Waals surface area (Å²) in [6.45, 7) is 4.68. The lowest BCUT2D eigenvalue weighted by Gasteiger charge is -2.33. The Morgan fingerprint density at radius 2 is 1.90 bits per heavy atom. The maximum atomic E-state index is 13.0. The number of ether oxygens (including phenoxy) is 1. The van der Waals surface area contributed by atoms with E-state index in [0.717, 1.165) is 54.8 Å². The summed E-state index contributed by atoms with van der Waals surface area (Å²) in [4.78, 5) is 17.0. The van der Waals surface area contributed by atoms with Crippen LogP contribution in [-0.2, 0) is 13.0 Å². The Labute approximate surface area is 182 Å². The number of nitrogen functional groups attached to an aromatic ring is 1. The number of nitrogens with zero attached hydrogens (tertiary/aromatic N) is 2. The quantitative estimate of drug-likeness (QED) is 0.511. The number of hydrogen-bond acceptors (Lipinski definition) is 4. The maximum absolute atomic E-state index is 13.0. The summed E-state index contributed by atoms with van der Waals surface area (Å²) >= 11 is 0. The Kier molecular flexibility index (Phi) is 5.93. The Morgan fingerprint density at radius 3 is 2.61 bits per heavy atom. The molecule has 2 heterocycles. The number of piperidine rings is 1. The van der Waals surface area contributed by atoms with Crippen molar-refractivity contribution >= 4 is 17.6 Å². The first-order chi connectivity index (χ1) is 14.9. The number of amides is 1. The van der Waals surface area contributed by atoms with Gasteiger partial charge in [-0.25, -0.2) is 0 Å². The van der Waals surface area contributed by atoms with Crippen LogP contribution in [0.3, 0.4) is 0 Å². The molecule has 7 nitrogen and oxygen atoms in total. The fraction of sp³-hybridized carbons (Fsp3) is 0.375. The smallest absolute Gasteiger partial charge is 0.254 e. The molecule has 0 atom stereocenters. The largest absolute Gasteiger partial charge is 0.490 e. The normalized spacial score (nSPS) is 16.7. The summed E-state index contributed by atoms with van der Waals surface area (Å²) in [7, 11) is 0. The monoisotopic (exact) mass is 419 g/mol. The van der Waals surface area contributed by atoms with Gasteiger partial charge in [0.25, 0.3) is 5.91 Å². The zero-order valence-corrected chi connectivity index (χ0v) is 17.9. The van der Waals surface area contributed by atoms with Crippen molar-refractivity contribution in [3.63, 3.8) is 0 Å². The van der Waals surface area contributed by atoms with Gasteiger partial charge >= 0.3 is 0 Å². The highest BCUT2D eigenvalue weighted by Gasteiger charge is 2.26. The van der Waals surface area contributed by atoms with Gasteiger partial charge in [0.2, 0.25) is 0 Å². The van der Waals surface area contributed by atoms with E-state index in [1.54, 1.807) is 6.07 Å². The van der Waals surface area contributed by atoms with E-state index < -0.39 is 0 Å². The Balaban J connectivity index is 1.40. The van der Waals surface area contributed by atoms with Gasteiger partial charge in [0.1, 0.15) is 17.7 Å². The zero-order valence-electron chi connectivity index (χ0n) is 17.9. The van der Waals surface area contributed by atoms with Gasteiger partial charge in [-0.05, 0) is 48.7 Å². The number of carbonyl (C=O) groups is 1. The third-order valence-corrected chi connectivity index (χ3v) is 6.08. The van der Waals surface area contributed by atoms with Gasteiger partial charge < -0.3 is 20.3 Å². The van der Waals surface area contributed by atoms with Crippen molar-refractivity contribution in [2.45, 2.75) is 38.8 Å². The van der Waals surface area contributed by atoms with Gasteiger partial charge in [-0.1, -0.05) is 18.2 Å². The van der Waals surface area contributed by atoms with Crippen LogP contribution in [-0.4, -0.2) is 53.1 Å². The third-order valence-electron chi connectivity index (χ3n) is 6.08. The van der Waals surface area contributed by atoms with E-state index in [4.69, 9.17) is 21.3 Å². The van der Waals surface area contributed by atoms with Crippen molar-refractivity contribution in [2.24, 2.45) is 5.73 Å². The fourth-order valence-corrected chi connectivity index (χ4v) is 4.30. The van der Waals surface area contributed by atoms with Crippen LogP contribution < -0.4 is 10.5 Å². The topological polar surface area (TPSA) is 106 Å². The molecule has 1 amide bonds. The van der Waals surface area contributed by atoms with E-state index in [9.17, 15) is 4.79 Å². The predicted molar refractivity (Wildman–Crippen MR) is 121 cm³/mol. The van der Waals surface area contributed by atoms with Gasteiger partial charge in [-0.3, -0.25) is 15.6 Å². The van der Waals surface area contributed by atoms with Gasteiger partial charge in [-0.15, -0.1) is 0 Å². The first-order valence-corrected chi connectivity index (χ1v) is 10.7. The molecule has 0 aromatic heterocycles. The van der Waals surface area contributed by atoms with Crippen molar-refractivity contribution in [3.05, 3.63) is 64.7 Å². The number of fused-ring (bicyclic) bond motifs is 1. The zero-order chi connectivity index (χ0) is 22.0. The molecule has 0 saturated carbocycles. The molecule has 0 bridgehead atoms. The van der Waals surface area contributed by atoms with Crippen molar-refractivity contribution in [1.82, 2.24) is 9.80 Å². The van der Waals surface area contributed by atoms with E-state index in [0.29, 0.717) is 24.5 Å². The second-order valence-electron chi connectivity index (χ2n) is 8.30. The molecule has 31 heavy (non-hydrogen) atoms. The minimum atomic E-state index is 0.0239. The van der Waals surface area contributed by atoms with Crippen molar-refractivity contribution in [2.75, 3.05) is 19.6 Å². The maximum Gasteiger partial charge on any atom is 0.254 e. The number of benzene rings is 2. The van der Waals surface area contributed by atoms with E-state index in [-0.39, 0.29) is 17.8 Å². The molecule has 2 aromatic rings. The van der Waals surface area contributed by atoms with E-state index in [1.807, 2.05) is 48.2 Å². The number of carbonyl (C=O) groups excluding carboxylic acids is 1. The molecule has 7 heteroatoms. The van der Waals surface area contributed by atoms with Gasteiger partial charge in [0.15, 0.2) is 0 Å². The lowest BCUT2D eigenvalue weighted by Crippen LogP contribution is -2.40. The molecule has 0 aliphatic carbocycles. The molecule has 2 aromatic carbocycles. The molecule has 2 aliphatic heterocycles. The highest BCUT2D eigenvalue weighted by Crippen LogP contribution is 2.27. The Hall–Kier alpha value is -3.35. The summed E-state index contributed by atoms with van der Waals surface area (Å²) in [6.07, 6.45) is 2.74. The van der Waals surface area contributed by atoms with Crippen molar-refractivity contribution in [1.29, 1.82) is 10.8 Å². The molecule has 4 rings (SSSR count). The minimum absolute atomic E-state index is 0.0239. The van der Waals surface area contributed by atoms with Crippen LogP contribution in [0.1, 0.15) is 46.8 Å². The second kappa shape index (κ2) is 8.79. The highest BCUT2D eigenvalue weighted by molar-refractivity contribution is 5.97. The van der Waals surface area contributed by atoms with E-state index >= 15 is 0 Å². The SMILES string of the molecule is CC(=N)N1CCC(Oc2ccc3c(c2)CCN(Cc2cccc(C(=N)N)c2)C3=O)CC1. The highest BCUT2D eigenvalue weighted by atomic mass is 16.5. The van der Waals surface area contributed by atoms with Crippen LogP contribution in [0.15, 0.2) is 42.5 Å². The number of nitrogens with one attached hydrogen (secondary N) is 2. The summed E-state index contributed by atoms with van der Waals surface area (Å²) in [5.74, 6) is 1.49. The second-order valence-corrected chi connectivity index (χ2v) is 8.30. The van der Waals surface area contributed by atoms with Crippen LogP contribution in [0.2, 0.25) is 0 Å². The Bertz CT molecular complexity index is 1010. The number of rotatable bonds is 5. The van der Waals surface area contributed by atoms with Crippen molar-refractivity contribution < 1.29 is 9.53 Å². The van der Waals surface area contributed by atoms with Gasteiger partial charge in [0, 0.05) is 50.1 Å². The number of hydrogen-bond donors (Lipinski definition) is 3. The molecule has 0 unspecified atom stereocenters. The minimum Gasteiger partial charge on any atom is -0.490 e. The molecule has 162 valence electrons. The molecular formula is C24H29N5O2. The molecule has 1 saturated heterocycles. The summed E-state index contributed by atoms with van der Waals surface area (Å²) in [5, 5.41) is 15.4. The van der Waals surface area contributed by atoms with Gasteiger partial charge in [-0.2, -0.15) is 0 Å². The number of likely N-dealkylation sites (tertiary alicyclic amines) is 1. The Morgan fingerprint density at radius 1 is 1.13 bits per heavy atom. The molecule has 1 fully saturated rings. The number of nitrogens with two attached hydrogens (primary N) is 1. The van der Waals surface area contributed by atoms with Crippen LogP contribution in [0.25, 0.3) is 0 Å². The first-order valence-electron chi connectivity index (χ1n) is 10.7. The summed E-state index contributed by atoms with van der Waals surface area (Å²) in [6, 6.07) is 13.3. The molecule has 0 spiro atoms. The lowest BCUT2D eigenvalue weighted by molar-refractivity contribution is 0.0726. The van der Waals surface area contributed by atoms with Crippen LogP contribution in [0, 0.1) is 10.8 Å². The molecule has 4 N–H and O–H groups in total. The fourth-order valence-electron chi connectivity index (χ4n) is 4.30. The predicted octanol–water partition coefficient (Wildman–Crippen LogP) is 3.01. The van der Waals surface area contributed by atoms with Crippen molar-refractivity contribution in [3.8, 4) is 5.75 Å². The standard InChI is InChI=1S/C24H29N5O2/c1-16(25)28-11-8-20(9-12-28)31-21-5-6-22-18(14-21)7-10-29(24(22)30)15-17-3-2-4-19(13-17)23(26)27/h2-6,13-14,20,25H,7-12,15H2,1H3,(H3,26,27). The van der Waals surface area contributed by atoms with E-state index in [2.05, 4.69) is 4.90 Å². The number of amidine groups is 2. The molecular weight excluding hydrogens is 390 g/mol. The molecule has 0 radical (unpaired) electrons. The van der Waals surface area contributed by atoms with Gasteiger partial charge in [0.05, 0.1) is 5.84 Å². The van der Waals surface area contributed by atoms with Crippen LogP contribution >= 0.6 is 0 Å². The van der Waals surface area contributed by atoms with Crippen LogP contribution in [0.5, 0.6) is 5.75 Å². The first kappa shape index (κ1) is 20.9. The lowest BCUT2D eigenvalue weighted by atomic mass is 9.98. The van der Waals surface area contributed by atoms with Crippen LogP contribution in [0.4, 0.5) is 0 Å². The van der Waals surface area contributed by atoms with E-state index in [1.165, 1.54) is 0 Å². The summed E-state index contributed by atoms with van der Waals surface area (Å²) < 4.78 is 6.19. The third kappa shape index (κ3) is 4.71.